The molecule has 4 nitrogen and oxygen atoms in total. The van der Waals surface area contributed by atoms with Crippen molar-refractivity contribution >= 4 is 11.7 Å². The first-order chi connectivity index (χ1) is 9.72. The van der Waals surface area contributed by atoms with Crippen molar-refractivity contribution in [2.75, 3.05) is 0 Å². The SMILES string of the molecule is O=C(O)C1=NOC(C2=CCCC=C2)(c2ccccc2)C1. The van der Waals surface area contributed by atoms with E-state index in [0.717, 1.165) is 24.0 Å². The maximum absolute atomic E-state index is 11.2. The van der Waals surface area contributed by atoms with Crippen LogP contribution in [-0.2, 0) is 15.2 Å². The van der Waals surface area contributed by atoms with Gasteiger partial charge in [-0.1, -0.05) is 53.7 Å². The molecule has 0 aromatic heterocycles. The molecule has 0 radical (unpaired) electrons. The van der Waals surface area contributed by atoms with E-state index in [2.05, 4.69) is 17.3 Å². The lowest BCUT2D eigenvalue weighted by atomic mass is 9.80. The third-order valence-electron chi connectivity index (χ3n) is 3.68. The zero-order valence-corrected chi connectivity index (χ0v) is 11.0. The van der Waals surface area contributed by atoms with Crippen LogP contribution >= 0.6 is 0 Å². The van der Waals surface area contributed by atoms with Crippen LogP contribution in [0.1, 0.15) is 24.8 Å². The highest BCUT2D eigenvalue weighted by Gasteiger charge is 2.45. The van der Waals surface area contributed by atoms with E-state index in [4.69, 9.17) is 9.94 Å². The van der Waals surface area contributed by atoms with Gasteiger partial charge in [0.2, 0.25) is 0 Å². The van der Waals surface area contributed by atoms with Gasteiger partial charge < -0.3 is 9.94 Å². The van der Waals surface area contributed by atoms with E-state index in [9.17, 15) is 4.79 Å². The van der Waals surface area contributed by atoms with Crippen molar-refractivity contribution in [2.24, 2.45) is 5.16 Å². The Morgan fingerprint density at radius 3 is 2.65 bits per heavy atom. The monoisotopic (exact) mass is 269 g/mol. The summed E-state index contributed by atoms with van der Waals surface area (Å²) in [7, 11) is 0. The highest BCUT2D eigenvalue weighted by atomic mass is 16.7. The van der Waals surface area contributed by atoms with Gasteiger partial charge in [0.25, 0.3) is 0 Å². The summed E-state index contributed by atoms with van der Waals surface area (Å²) in [6.45, 7) is 0. The fraction of sp³-hybridized carbons (Fsp3) is 0.250. The molecule has 3 rings (SSSR count). The highest BCUT2D eigenvalue weighted by molar-refractivity contribution is 6.36. The normalized spacial score (nSPS) is 24.8. The molecular formula is C16H15NO3. The lowest BCUT2D eigenvalue weighted by Gasteiger charge is -2.29. The van der Waals surface area contributed by atoms with E-state index in [1.807, 2.05) is 36.4 Å². The number of oxime groups is 1. The number of allylic oxidation sites excluding steroid dienone is 2. The fourth-order valence-electron chi connectivity index (χ4n) is 2.64. The van der Waals surface area contributed by atoms with Crippen LogP contribution in [-0.4, -0.2) is 16.8 Å². The molecule has 1 aromatic rings. The number of carbonyl (C=O) groups is 1. The quantitative estimate of drug-likeness (QED) is 0.917. The second-order valence-corrected chi connectivity index (χ2v) is 4.94. The molecule has 1 aliphatic heterocycles. The summed E-state index contributed by atoms with van der Waals surface area (Å²) in [6.07, 6.45) is 8.39. The van der Waals surface area contributed by atoms with Crippen LogP contribution in [0.4, 0.5) is 0 Å². The molecule has 2 aliphatic rings. The Morgan fingerprint density at radius 2 is 2.05 bits per heavy atom. The van der Waals surface area contributed by atoms with Gasteiger partial charge in [-0.25, -0.2) is 4.79 Å². The zero-order chi connectivity index (χ0) is 14.0. The van der Waals surface area contributed by atoms with Crippen LogP contribution in [0.25, 0.3) is 0 Å². The van der Waals surface area contributed by atoms with Gasteiger partial charge in [-0.05, 0) is 18.4 Å². The molecule has 1 unspecified atom stereocenters. The molecule has 1 aliphatic carbocycles. The lowest BCUT2D eigenvalue weighted by Crippen LogP contribution is -2.30. The lowest BCUT2D eigenvalue weighted by molar-refractivity contribution is -0.129. The number of nitrogens with zero attached hydrogens (tertiary/aromatic N) is 1. The molecule has 0 spiro atoms. The summed E-state index contributed by atoms with van der Waals surface area (Å²) in [5, 5.41) is 12.9. The molecular weight excluding hydrogens is 254 g/mol. The van der Waals surface area contributed by atoms with E-state index in [0.29, 0.717) is 0 Å². The first-order valence-electron chi connectivity index (χ1n) is 6.63. The number of hydrogen-bond donors (Lipinski definition) is 1. The molecule has 1 N–H and O–H groups in total. The molecule has 0 saturated carbocycles. The third kappa shape index (κ3) is 2.03. The topological polar surface area (TPSA) is 58.9 Å². The first-order valence-corrected chi connectivity index (χ1v) is 6.63. The molecule has 0 amide bonds. The highest BCUT2D eigenvalue weighted by Crippen LogP contribution is 2.43. The molecule has 1 heterocycles. The van der Waals surface area contributed by atoms with E-state index >= 15 is 0 Å². The van der Waals surface area contributed by atoms with Crippen LogP contribution in [0.3, 0.4) is 0 Å². The van der Waals surface area contributed by atoms with Crippen molar-refractivity contribution in [2.45, 2.75) is 24.9 Å². The average Bonchev–Trinajstić information content (AvgIpc) is 2.96. The van der Waals surface area contributed by atoms with Crippen LogP contribution in [0.5, 0.6) is 0 Å². The predicted octanol–water partition coefficient (Wildman–Crippen LogP) is 3.02. The van der Waals surface area contributed by atoms with Crippen molar-refractivity contribution in [1.82, 2.24) is 0 Å². The number of carboxylic acid groups (broad SMARTS) is 1. The summed E-state index contributed by atoms with van der Waals surface area (Å²) < 4.78 is 0. The maximum Gasteiger partial charge on any atom is 0.353 e. The Kier molecular flexibility index (Phi) is 3.14. The zero-order valence-electron chi connectivity index (χ0n) is 11.0. The van der Waals surface area contributed by atoms with Gasteiger partial charge in [0.15, 0.2) is 11.3 Å². The van der Waals surface area contributed by atoms with Crippen LogP contribution < -0.4 is 0 Å². The summed E-state index contributed by atoms with van der Waals surface area (Å²) in [5.74, 6) is -1.02. The van der Waals surface area contributed by atoms with Crippen molar-refractivity contribution in [3.05, 3.63) is 59.7 Å². The second-order valence-electron chi connectivity index (χ2n) is 4.94. The van der Waals surface area contributed by atoms with Gasteiger partial charge in [-0.15, -0.1) is 0 Å². The summed E-state index contributed by atoms with van der Waals surface area (Å²) in [4.78, 5) is 16.8. The number of carboxylic acids is 1. The van der Waals surface area contributed by atoms with Crippen LogP contribution in [0.2, 0.25) is 0 Å². The Morgan fingerprint density at radius 1 is 1.25 bits per heavy atom. The van der Waals surface area contributed by atoms with Gasteiger partial charge in [0.05, 0.1) is 6.42 Å². The molecule has 0 fully saturated rings. The van der Waals surface area contributed by atoms with E-state index < -0.39 is 11.6 Å². The van der Waals surface area contributed by atoms with Gasteiger partial charge in [0.1, 0.15) is 0 Å². The minimum absolute atomic E-state index is 0.0636. The number of benzene rings is 1. The molecule has 102 valence electrons. The summed E-state index contributed by atoms with van der Waals surface area (Å²) >= 11 is 0. The minimum atomic E-state index is -1.02. The molecule has 0 saturated heterocycles. The summed E-state index contributed by atoms with van der Waals surface area (Å²) in [5.41, 5.74) is 1.17. The van der Waals surface area contributed by atoms with Gasteiger partial charge in [-0.2, -0.15) is 0 Å². The Bertz CT molecular complexity index is 616. The first kappa shape index (κ1) is 12.7. The number of aliphatic carboxylic acids is 1. The van der Waals surface area contributed by atoms with E-state index in [1.54, 1.807) is 0 Å². The predicted molar refractivity (Wildman–Crippen MR) is 75.3 cm³/mol. The number of hydrogen-bond acceptors (Lipinski definition) is 3. The van der Waals surface area contributed by atoms with Gasteiger partial charge >= 0.3 is 5.97 Å². The van der Waals surface area contributed by atoms with Gasteiger partial charge in [0, 0.05) is 5.56 Å². The molecule has 1 atom stereocenters. The standard InChI is InChI=1S/C16H15NO3/c18-15(19)14-11-16(20-17-14,12-7-3-1-4-8-12)13-9-5-2-6-10-13/h1,3-5,7-10H,2,6,11H2,(H,18,19). The van der Waals surface area contributed by atoms with Crippen LogP contribution in [0, 0.1) is 0 Å². The van der Waals surface area contributed by atoms with Gasteiger partial charge in [-0.3, -0.25) is 0 Å². The van der Waals surface area contributed by atoms with E-state index in [1.165, 1.54) is 0 Å². The van der Waals surface area contributed by atoms with Crippen molar-refractivity contribution in [1.29, 1.82) is 0 Å². The Hall–Kier alpha value is -2.36. The second kappa shape index (κ2) is 4.96. The molecule has 1 aromatic carbocycles. The molecule has 4 heteroatoms. The van der Waals surface area contributed by atoms with Crippen molar-refractivity contribution in [3.8, 4) is 0 Å². The minimum Gasteiger partial charge on any atom is -0.477 e. The molecule has 0 bridgehead atoms. The Balaban J connectivity index is 2.04. The Labute approximate surface area is 117 Å². The largest absolute Gasteiger partial charge is 0.477 e. The van der Waals surface area contributed by atoms with Crippen molar-refractivity contribution in [3.63, 3.8) is 0 Å². The fourth-order valence-corrected chi connectivity index (χ4v) is 2.64. The smallest absolute Gasteiger partial charge is 0.353 e. The third-order valence-corrected chi connectivity index (χ3v) is 3.68. The maximum atomic E-state index is 11.2. The summed E-state index contributed by atoms with van der Waals surface area (Å²) in [6, 6.07) is 9.67. The molecule has 20 heavy (non-hydrogen) atoms. The number of rotatable bonds is 3. The van der Waals surface area contributed by atoms with Crippen LogP contribution in [0.15, 0.2) is 59.3 Å². The van der Waals surface area contributed by atoms with Crippen molar-refractivity contribution < 1.29 is 14.7 Å². The van der Waals surface area contributed by atoms with E-state index in [-0.39, 0.29) is 12.1 Å². The average molecular weight is 269 g/mol.